The number of rotatable bonds is 1. The van der Waals surface area contributed by atoms with Crippen LogP contribution in [0.25, 0.3) is 0 Å². The Morgan fingerprint density at radius 3 is 2.70 bits per heavy atom. The lowest BCUT2D eigenvalue weighted by Crippen LogP contribution is -2.09. The third kappa shape index (κ3) is 1.56. The van der Waals surface area contributed by atoms with Gasteiger partial charge in [0.25, 0.3) is 0 Å². The second-order valence-electron chi connectivity index (χ2n) is 3.36. The van der Waals surface area contributed by atoms with Gasteiger partial charge in [0.1, 0.15) is 6.29 Å². The molecule has 10 heavy (non-hydrogen) atoms. The minimum Gasteiger partial charge on any atom is -0.298 e. The van der Waals surface area contributed by atoms with Gasteiger partial charge in [-0.2, -0.15) is 0 Å². The largest absolute Gasteiger partial charge is 0.298 e. The average Bonchev–Trinajstić information content (AvgIpc) is 1.86. The Morgan fingerprint density at radius 1 is 1.60 bits per heavy atom. The van der Waals surface area contributed by atoms with Crippen LogP contribution in [0.4, 0.5) is 0 Å². The fourth-order valence-corrected chi connectivity index (χ4v) is 1.13. The van der Waals surface area contributed by atoms with Crippen molar-refractivity contribution in [3.05, 3.63) is 23.8 Å². The van der Waals surface area contributed by atoms with Crippen LogP contribution in [0.2, 0.25) is 0 Å². The summed E-state index contributed by atoms with van der Waals surface area (Å²) >= 11 is 0. The van der Waals surface area contributed by atoms with Gasteiger partial charge in [-0.1, -0.05) is 32.1 Å². The van der Waals surface area contributed by atoms with Crippen LogP contribution >= 0.6 is 0 Å². The molecule has 1 aliphatic carbocycles. The number of hydrogen-bond acceptors (Lipinski definition) is 1. The van der Waals surface area contributed by atoms with Crippen molar-refractivity contribution < 1.29 is 4.79 Å². The highest BCUT2D eigenvalue weighted by Gasteiger charge is 2.15. The molecule has 1 heteroatoms. The highest BCUT2D eigenvalue weighted by Crippen LogP contribution is 2.27. The minimum absolute atomic E-state index is 0.172. The fraction of sp³-hybridized carbons (Fsp3) is 0.444. The molecule has 0 heterocycles. The molecule has 0 aliphatic heterocycles. The number of carbonyl (C=O) groups is 1. The van der Waals surface area contributed by atoms with Gasteiger partial charge in [0.15, 0.2) is 0 Å². The van der Waals surface area contributed by atoms with Crippen LogP contribution in [0.3, 0.4) is 0 Å². The SMILES string of the molecule is CC1(C)C=C(C=O)C=CC1. The number of hydrogen-bond donors (Lipinski definition) is 0. The van der Waals surface area contributed by atoms with Crippen LogP contribution < -0.4 is 0 Å². The predicted molar refractivity (Wildman–Crippen MR) is 41.7 cm³/mol. The van der Waals surface area contributed by atoms with Crippen LogP contribution in [-0.2, 0) is 4.79 Å². The summed E-state index contributed by atoms with van der Waals surface area (Å²) < 4.78 is 0. The molecular weight excluding hydrogens is 124 g/mol. The second-order valence-corrected chi connectivity index (χ2v) is 3.36. The van der Waals surface area contributed by atoms with Crippen molar-refractivity contribution in [3.8, 4) is 0 Å². The lowest BCUT2D eigenvalue weighted by Gasteiger charge is -2.21. The first kappa shape index (κ1) is 7.26. The summed E-state index contributed by atoms with van der Waals surface area (Å²) in [5.41, 5.74) is 0.974. The van der Waals surface area contributed by atoms with Crippen LogP contribution in [0.1, 0.15) is 20.3 Å². The first-order chi connectivity index (χ1) is 4.64. The quantitative estimate of drug-likeness (QED) is 0.504. The van der Waals surface area contributed by atoms with Gasteiger partial charge < -0.3 is 0 Å². The molecule has 0 atom stereocenters. The number of carbonyl (C=O) groups excluding carboxylic acids is 1. The zero-order chi connectivity index (χ0) is 7.61. The van der Waals surface area contributed by atoms with Crippen molar-refractivity contribution in [3.63, 3.8) is 0 Å². The molecule has 0 aromatic rings. The summed E-state index contributed by atoms with van der Waals surface area (Å²) in [6, 6.07) is 0. The van der Waals surface area contributed by atoms with Crippen molar-refractivity contribution >= 4 is 6.29 Å². The van der Waals surface area contributed by atoms with E-state index in [4.69, 9.17) is 0 Å². The molecule has 0 saturated carbocycles. The van der Waals surface area contributed by atoms with Crippen molar-refractivity contribution in [1.29, 1.82) is 0 Å². The maximum Gasteiger partial charge on any atom is 0.149 e. The van der Waals surface area contributed by atoms with E-state index >= 15 is 0 Å². The smallest absolute Gasteiger partial charge is 0.149 e. The molecule has 0 N–H and O–H groups in total. The monoisotopic (exact) mass is 136 g/mol. The van der Waals surface area contributed by atoms with Crippen LogP contribution in [0, 0.1) is 5.41 Å². The molecule has 0 spiro atoms. The lowest BCUT2D eigenvalue weighted by molar-refractivity contribution is -0.104. The van der Waals surface area contributed by atoms with E-state index in [-0.39, 0.29) is 5.41 Å². The highest BCUT2D eigenvalue weighted by atomic mass is 16.1. The van der Waals surface area contributed by atoms with E-state index in [0.717, 1.165) is 18.3 Å². The molecule has 0 aromatic heterocycles. The van der Waals surface area contributed by atoms with Gasteiger partial charge in [-0.05, 0) is 11.8 Å². The molecule has 0 saturated heterocycles. The summed E-state index contributed by atoms with van der Waals surface area (Å²) in [4.78, 5) is 10.3. The molecule has 0 amide bonds. The van der Waals surface area contributed by atoms with Gasteiger partial charge >= 0.3 is 0 Å². The summed E-state index contributed by atoms with van der Waals surface area (Å²) in [5.74, 6) is 0. The first-order valence-electron chi connectivity index (χ1n) is 3.49. The predicted octanol–water partition coefficient (Wildman–Crippen LogP) is 2.10. The molecular formula is C9H12O. The standard InChI is InChI=1S/C9H12O/c1-9(2)5-3-4-8(6-9)7-10/h3-4,6-7H,5H2,1-2H3. The molecule has 1 rings (SSSR count). The Kier molecular flexibility index (Phi) is 1.75. The summed E-state index contributed by atoms with van der Waals surface area (Å²) in [6.07, 6.45) is 7.86. The molecule has 0 aromatic carbocycles. The summed E-state index contributed by atoms with van der Waals surface area (Å²) in [7, 11) is 0. The van der Waals surface area contributed by atoms with Gasteiger partial charge in [-0.25, -0.2) is 0 Å². The Balaban J connectivity index is 2.84. The van der Waals surface area contributed by atoms with E-state index in [1.165, 1.54) is 0 Å². The van der Waals surface area contributed by atoms with Crippen molar-refractivity contribution in [2.24, 2.45) is 5.41 Å². The second kappa shape index (κ2) is 2.41. The van der Waals surface area contributed by atoms with Gasteiger partial charge in [-0.3, -0.25) is 4.79 Å². The molecule has 1 nitrogen and oxygen atoms in total. The van der Waals surface area contributed by atoms with E-state index in [9.17, 15) is 4.79 Å². The molecule has 54 valence electrons. The summed E-state index contributed by atoms with van der Waals surface area (Å²) in [5, 5.41) is 0. The van der Waals surface area contributed by atoms with Gasteiger partial charge in [-0.15, -0.1) is 0 Å². The van der Waals surface area contributed by atoms with Crippen LogP contribution in [-0.4, -0.2) is 6.29 Å². The average molecular weight is 136 g/mol. The molecule has 0 fully saturated rings. The van der Waals surface area contributed by atoms with E-state index in [1.54, 1.807) is 0 Å². The third-order valence-corrected chi connectivity index (χ3v) is 1.65. The third-order valence-electron chi connectivity index (χ3n) is 1.65. The Hall–Kier alpha value is -0.850. The molecule has 1 aliphatic rings. The van der Waals surface area contributed by atoms with Gasteiger partial charge in [0, 0.05) is 5.57 Å². The summed E-state index contributed by atoms with van der Waals surface area (Å²) in [6.45, 7) is 4.25. The first-order valence-corrected chi connectivity index (χ1v) is 3.49. The molecule has 0 bridgehead atoms. The molecule has 0 radical (unpaired) electrons. The zero-order valence-electron chi connectivity index (χ0n) is 6.42. The van der Waals surface area contributed by atoms with E-state index < -0.39 is 0 Å². The number of aldehydes is 1. The minimum atomic E-state index is 0.172. The van der Waals surface area contributed by atoms with E-state index in [2.05, 4.69) is 13.8 Å². The lowest BCUT2D eigenvalue weighted by atomic mass is 9.84. The Bertz CT molecular complexity index is 197. The fourth-order valence-electron chi connectivity index (χ4n) is 1.13. The van der Waals surface area contributed by atoms with E-state index in [1.807, 2.05) is 18.2 Å². The maximum absolute atomic E-state index is 10.3. The van der Waals surface area contributed by atoms with Crippen LogP contribution in [0.5, 0.6) is 0 Å². The van der Waals surface area contributed by atoms with Crippen molar-refractivity contribution in [2.75, 3.05) is 0 Å². The van der Waals surface area contributed by atoms with Crippen LogP contribution in [0.15, 0.2) is 23.8 Å². The highest BCUT2D eigenvalue weighted by molar-refractivity contribution is 5.78. The number of allylic oxidation sites excluding steroid dienone is 4. The van der Waals surface area contributed by atoms with Crippen molar-refractivity contribution in [2.45, 2.75) is 20.3 Å². The topological polar surface area (TPSA) is 17.1 Å². The van der Waals surface area contributed by atoms with Gasteiger partial charge in [0.05, 0.1) is 0 Å². The molecule has 0 unspecified atom stereocenters. The Morgan fingerprint density at radius 2 is 2.30 bits per heavy atom. The normalized spacial score (nSPS) is 22.0. The van der Waals surface area contributed by atoms with Gasteiger partial charge in [0.2, 0.25) is 0 Å². The van der Waals surface area contributed by atoms with E-state index in [0.29, 0.717) is 0 Å². The van der Waals surface area contributed by atoms with Crippen molar-refractivity contribution in [1.82, 2.24) is 0 Å². The Labute approximate surface area is 61.4 Å². The maximum atomic E-state index is 10.3. The zero-order valence-corrected chi connectivity index (χ0v) is 6.42.